The minimum Gasteiger partial charge on any atom is -0.304 e. The molecule has 108 valence electrons. The number of aryl methyl sites for hydroxylation is 3. The summed E-state index contributed by atoms with van der Waals surface area (Å²) in [7, 11) is 0. The fraction of sp³-hybridized carbons (Fsp3) is 0.267. The van der Waals surface area contributed by atoms with Crippen LogP contribution >= 0.6 is 11.3 Å². The molecule has 0 atom stereocenters. The van der Waals surface area contributed by atoms with E-state index < -0.39 is 0 Å². The van der Waals surface area contributed by atoms with Gasteiger partial charge in [-0.25, -0.2) is 4.52 Å². The Morgan fingerprint density at radius 3 is 2.67 bits per heavy atom. The maximum absolute atomic E-state index is 12.4. The zero-order valence-electron chi connectivity index (χ0n) is 12.1. The molecule has 3 rings (SSSR count). The van der Waals surface area contributed by atoms with Crippen molar-refractivity contribution in [2.24, 2.45) is 0 Å². The minimum absolute atomic E-state index is 0.0421. The van der Waals surface area contributed by atoms with Crippen molar-refractivity contribution in [3.63, 3.8) is 0 Å². The highest BCUT2D eigenvalue weighted by molar-refractivity contribution is 7.12. The van der Waals surface area contributed by atoms with Gasteiger partial charge in [-0.1, -0.05) is 0 Å². The molecule has 3 aromatic rings. The lowest BCUT2D eigenvalue weighted by Gasteiger charge is -2.05. The molecule has 0 aromatic carbocycles. The number of carbonyl (C=O) groups is 1. The molecule has 0 bridgehead atoms. The molecule has 0 saturated heterocycles. The minimum atomic E-state index is -0.198. The SMILES string of the molecule is Cc1cc2c(=O)n(CC(=O)c3cc(C)sc3C)ccn2n1. The zero-order valence-corrected chi connectivity index (χ0v) is 12.9. The highest BCUT2D eigenvalue weighted by Gasteiger charge is 2.14. The summed E-state index contributed by atoms with van der Waals surface area (Å²) >= 11 is 1.60. The molecule has 5 nitrogen and oxygen atoms in total. The Hall–Kier alpha value is -2.21. The van der Waals surface area contributed by atoms with E-state index in [1.807, 2.05) is 26.8 Å². The first-order valence-electron chi connectivity index (χ1n) is 6.61. The Morgan fingerprint density at radius 2 is 2.00 bits per heavy atom. The normalized spacial score (nSPS) is 11.2. The summed E-state index contributed by atoms with van der Waals surface area (Å²) in [5.74, 6) is -0.0421. The highest BCUT2D eigenvalue weighted by Crippen LogP contribution is 2.21. The molecule has 21 heavy (non-hydrogen) atoms. The van der Waals surface area contributed by atoms with Gasteiger partial charge in [0.1, 0.15) is 5.52 Å². The van der Waals surface area contributed by atoms with Crippen molar-refractivity contribution in [3.05, 3.63) is 55.9 Å². The Morgan fingerprint density at radius 1 is 1.24 bits per heavy atom. The predicted octanol–water partition coefficient (Wildman–Crippen LogP) is 2.37. The van der Waals surface area contributed by atoms with Crippen LogP contribution < -0.4 is 5.56 Å². The third-order valence-corrected chi connectivity index (χ3v) is 4.35. The average Bonchev–Trinajstić information content (AvgIpc) is 2.95. The highest BCUT2D eigenvalue weighted by atomic mass is 32.1. The number of hydrogen-bond donors (Lipinski definition) is 0. The molecular weight excluding hydrogens is 286 g/mol. The number of rotatable bonds is 3. The van der Waals surface area contributed by atoms with Gasteiger partial charge in [0.25, 0.3) is 5.56 Å². The van der Waals surface area contributed by atoms with Gasteiger partial charge >= 0.3 is 0 Å². The Balaban J connectivity index is 1.98. The first-order chi connectivity index (χ1) is 9.95. The van der Waals surface area contributed by atoms with E-state index in [9.17, 15) is 9.59 Å². The summed E-state index contributed by atoms with van der Waals surface area (Å²) in [6.45, 7) is 5.79. The molecule has 0 aliphatic rings. The molecular formula is C15H15N3O2S. The van der Waals surface area contributed by atoms with Gasteiger partial charge in [0.05, 0.1) is 12.2 Å². The molecule has 3 heterocycles. The van der Waals surface area contributed by atoms with Crippen LogP contribution in [-0.2, 0) is 6.54 Å². The van der Waals surface area contributed by atoms with Crippen molar-refractivity contribution in [1.82, 2.24) is 14.2 Å². The molecule has 0 aliphatic heterocycles. The van der Waals surface area contributed by atoms with Gasteiger partial charge in [-0.15, -0.1) is 11.3 Å². The molecule has 0 radical (unpaired) electrons. The molecule has 0 amide bonds. The number of aromatic nitrogens is 3. The third kappa shape index (κ3) is 2.42. The van der Waals surface area contributed by atoms with E-state index in [0.717, 1.165) is 15.4 Å². The summed E-state index contributed by atoms with van der Waals surface area (Å²) in [5.41, 5.74) is 1.77. The number of hydrogen-bond acceptors (Lipinski definition) is 4. The Bertz CT molecular complexity index is 901. The third-order valence-electron chi connectivity index (χ3n) is 3.38. The van der Waals surface area contributed by atoms with Crippen LogP contribution in [0.5, 0.6) is 0 Å². The maximum Gasteiger partial charge on any atom is 0.276 e. The molecule has 6 heteroatoms. The van der Waals surface area contributed by atoms with E-state index in [-0.39, 0.29) is 17.9 Å². The molecule has 3 aromatic heterocycles. The van der Waals surface area contributed by atoms with E-state index in [1.165, 1.54) is 4.57 Å². The topological polar surface area (TPSA) is 56.4 Å². The molecule has 0 spiro atoms. The van der Waals surface area contributed by atoms with E-state index in [0.29, 0.717) is 11.1 Å². The number of carbonyl (C=O) groups excluding carboxylic acids is 1. The lowest BCUT2D eigenvalue weighted by atomic mass is 10.1. The Kier molecular flexibility index (Phi) is 3.25. The van der Waals surface area contributed by atoms with E-state index >= 15 is 0 Å². The van der Waals surface area contributed by atoms with E-state index in [2.05, 4.69) is 5.10 Å². The van der Waals surface area contributed by atoms with Crippen LogP contribution in [0.25, 0.3) is 5.52 Å². The first kappa shape index (κ1) is 13.8. The second-order valence-electron chi connectivity index (χ2n) is 5.10. The van der Waals surface area contributed by atoms with Crippen LogP contribution in [0.1, 0.15) is 25.8 Å². The van der Waals surface area contributed by atoms with Crippen LogP contribution in [0.3, 0.4) is 0 Å². The number of fused-ring (bicyclic) bond motifs is 1. The zero-order chi connectivity index (χ0) is 15.1. The molecule has 0 saturated carbocycles. The van der Waals surface area contributed by atoms with Gasteiger partial charge in [0.2, 0.25) is 0 Å². The largest absolute Gasteiger partial charge is 0.304 e. The van der Waals surface area contributed by atoms with Gasteiger partial charge in [-0.05, 0) is 32.9 Å². The molecule has 0 N–H and O–H groups in total. The summed E-state index contributed by atoms with van der Waals surface area (Å²) in [6.07, 6.45) is 3.30. The lowest BCUT2D eigenvalue weighted by molar-refractivity contribution is 0.0971. The van der Waals surface area contributed by atoms with Crippen molar-refractivity contribution in [3.8, 4) is 0 Å². The van der Waals surface area contributed by atoms with Crippen molar-refractivity contribution >= 4 is 22.6 Å². The second-order valence-corrected chi connectivity index (χ2v) is 6.56. The van der Waals surface area contributed by atoms with E-state index in [4.69, 9.17) is 0 Å². The first-order valence-corrected chi connectivity index (χ1v) is 7.43. The predicted molar refractivity (Wildman–Crippen MR) is 82.3 cm³/mol. The smallest absolute Gasteiger partial charge is 0.276 e. The summed E-state index contributed by atoms with van der Waals surface area (Å²) in [4.78, 5) is 26.8. The van der Waals surface area contributed by atoms with E-state index in [1.54, 1.807) is 34.3 Å². The Labute approximate surface area is 125 Å². The van der Waals surface area contributed by atoms with Gasteiger partial charge in [0, 0.05) is 27.7 Å². The lowest BCUT2D eigenvalue weighted by Crippen LogP contribution is -2.25. The summed E-state index contributed by atoms with van der Waals surface area (Å²) in [5, 5.41) is 4.19. The fourth-order valence-electron chi connectivity index (χ4n) is 2.42. The van der Waals surface area contributed by atoms with Gasteiger partial charge in [0.15, 0.2) is 5.78 Å². The second kappa shape index (κ2) is 4.96. The fourth-order valence-corrected chi connectivity index (χ4v) is 3.36. The molecule has 0 fully saturated rings. The monoisotopic (exact) mass is 301 g/mol. The van der Waals surface area contributed by atoms with Crippen molar-refractivity contribution in [1.29, 1.82) is 0 Å². The van der Waals surface area contributed by atoms with Crippen molar-refractivity contribution in [2.45, 2.75) is 27.3 Å². The number of Topliss-reactive ketones (excluding diaryl/α,β-unsaturated/α-hetero) is 1. The molecule has 0 unspecified atom stereocenters. The maximum atomic E-state index is 12.4. The molecule has 0 aliphatic carbocycles. The van der Waals surface area contributed by atoms with Crippen LogP contribution in [0.2, 0.25) is 0 Å². The van der Waals surface area contributed by atoms with Crippen LogP contribution in [0.15, 0.2) is 29.3 Å². The summed E-state index contributed by atoms with van der Waals surface area (Å²) < 4.78 is 2.98. The summed E-state index contributed by atoms with van der Waals surface area (Å²) in [6, 6.07) is 3.61. The number of thiophene rings is 1. The van der Waals surface area contributed by atoms with Gasteiger partial charge in [-0.3, -0.25) is 9.59 Å². The number of ketones is 1. The quantitative estimate of drug-likeness (QED) is 0.698. The van der Waals surface area contributed by atoms with Gasteiger partial charge < -0.3 is 4.57 Å². The van der Waals surface area contributed by atoms with Crippen LogP contribution in [0.4, 0.5) is 0 Å². The standard InChI is InChI=1S/C15H15N3O2S/c1-9-6-13-15(20)17(4-5-18(13)16-9)8-14(19)12-7-10(2)21-11(12)3/h4-7H,8H2,1-3H3. The van der Waals surface area contributed by atoms with Crippen LogP contribution in [0, 0.1) is 20.8 Å². The number of nitrogens with zero attached hydrogens (tertiary/aromatic N) is 3. The average molecular weight is 301 g/mol. The van der Waals surface area contributed by atoms with Crippen molar-refractivity contribution < 1.29 is 4.79 Å². The van der Waals surface area contributed by atoms with Crippen molar-refractivity contribution in [2.75, 3.05) is 0 Å². The van der Waals surface area contributed by atoms with Gasteiger partial charge in [-0.2, -0.15) is 5.10 Å². The van der Waals surface area contributed by atoms with Crippen LogP contribution in [-0.4, -0.2) is 20.0 Å².